The normalized spacial score (nSPS) is 17.7. The number of carbonyl (C=O) groups excluding carboxylic acids is 2. The maximum atomic E-state index is 13.0. The molecule has 1 N–H and O–H groups in total. The number of ether oxygens (including phenoxy) is 1. The lowest BCUT2D eigenvalue weighted by atomic mass is 9.87. The minimum Gasteiger partial charge on any atom is -0.447 e. The van der Waals surface area contributed by atoms with Crippen molar-refractivity contribution in [2.24, 2.45) is 5.92 Å². The monoisotopic (exact) mass is 511 g/mol. The van der Waals surface area contributed by atoms with Gasteiger partial charge in [-0.15, -0.1) is 16.4 Å². The first kappa shape index (κ1) is 25.4. The molecule has 11 heteroatoms. The second kappa shape index (κ2) is 11.4. The van der Waals surface area contributed by atoms with E-state index < -0.39 is 18.2 Å². The lowest BCUT2D eigenvalue weighted by molar-refractivity contribution is -0.200. The van der Waals surface area contributed by atoms with Crippen molar-refractivity contribution >= 4 is 29.1 Å². The number of para-hydroxylation sites is 1. The van der Waals surface area contributed by atoms with E-state index in [-0.39, 0.29) is 18.2 Å². The molecule has 1 amide bonds. The quantitative estimate of drug-likeness (QED) is 0.510. The highest BCUT2D eigenvalue weighted by atomic mass is 32.1. The van der Waals surface area contributed by atoms with Gasteiger partial charge >= 0.3 is 18.2 Å². The predicted octanol–water partition coefficient (Wildman–Crippen LogP) is 5.82. The van der Waals surface area contributed by atoms with Crippen molar-refractivity contribution in [1.29, 1.82) is 0 Å². The number of hydrogen-bond donors (Lipinski definition) is 1. The van der Waals surface area contributed by atoms with E-state index in [2.05, 4.69) is 10.2 Å². The summed E-state index contributed by atoms with van der Waals surface area (Å²) in [5, 5.41) is 5.97. The van der Waals surface area contributed by atoms with Gasteiger partial charge in [-0.2, -0.15) is 13.2 Å². The van der Waals surface area contributed by atoms with Crippen molar-refractivity contribution < 1.29 is 32.3 Å². The van der Waals surface area contributed by atoms with Crippen molar-refractivity contribution in [3.05, 3.63) is 35.3 Å². The Hall–Kier alpha value is -2.66. The van der Waals surface area contributed by atoms with E-state index in [1.807, 2.05) is 5.38 Å². The lowest BCUT2D eigenvalue weighted by Crippen LogP contribution is -2.40. The Bertz CT molecular complexity index is 1020. The molecule has 1 aromatic carbocycles. The zero-order valence-electron chi connectivity index (χ0n) is 19.2. The zero-order chi connectivity index (χ0) is 24.8. The number of nitrogens with one attached hydrogen (secondary N) is 1. The third-order valence-electron chi connectivity index (χ3n) is 6.37. The van der Waals surface area contributed by atoms with Crippen LogP contribution in [0.3, 0.4) is 0 Å². The van der Waals surface area contributed by atoms with Crippen molar-refractivity contribution in [2.75, 3.05) is 24.8 Å². The number of nitrogens with zero attached hydrogens (tertiary/aromatic N) is 2. The fourth-order valence-corrected chi connectivity index (χ4v) is 5.38. The van der Waals surface area contributed by atoms with Crippen LogP contribution in [-0.4, -0.2) is 42.9 Å². The second-order valence-corrected chi connectivity index (χ2v) is 9.73. The number of piperidine rings is 1. The topological polar surface area (TPSA) is 80.8 Å². The Kier molecular flexibility index (Phi) is 8.27. The number of hydrogen-bond acceptors (Lipinski definition) is 7. The predicted molar refractivity (Wildman–Crippen MR) is 125 cm³/mol. The van der Waals surface area contributed by atoms with E-state index in [1.165, 1.54) is 23.8 Å². The molecule has 0 spiro atoms. The molecular formula is C24H28F3N3O4S. The molecule has 1 aliphatic carbocycles. The zero-order valence-corrected chi connectivity index (χ0v) is 20.0. The summed E-state index contributed by atoms with van der Waals surface area (Å²) in [6.45, 7) is 1.56. The van der Waals surface area contributed by atoms with Crippen LogP contribution in [0.25, 0.3) is 10.6 Å². The van der Waals surface area contributed by atoms with Crippen LogP contribution in [-0.2, 0) is 14.4 Å². The fourth-order valence-electron chi connectivity index (χ4n) is 4.44. The van der Waals surface area contributed by atoms with Gasteiger partial charge < -0.3 is 14.9 Å². The Morgan fingerprint density at radius 2 is 1.80 bits per heavy atom. The maximum absolute atomic E-state index is 13.0. The molecule has 0 bridgehead atoms. The Morgan fingerprint density at radius 3 is 2.51 bits per heavy atom. The van der Waals surface area contributed by atoms with Gasteiger partial charge in [-0.05, 0) is 56.8 Å². The minimum absolute atomic E-state index is 0.0197. The van der Waals surface area contributed by atoms with E-state index in [9.17, 15) is 22.8 Å². The van der Waals surface area contributed by atoms with Crippen LogP contribution in [0.15, 0.2) is 29.6 Å². The number of alkyl halides is 3. The summed E-state index contributed by atoms with van der Waals surface area (Å²) in [6, 6.07) is 6.27. The first-order chi connectivity index (χ1) is 16.8. The number of rotatable bonds is 5. The van der Waals surface area contributed by atoms with Gasteiger partial charge in [-0.3, -0.25) is 0 Å². The summed E-state index contributed by atoms with van der Waals surface area (Å²) in [6.07, 6.45) is 0.651. The molecule has 2 aromatic rings. The van der Waals surface area contributed by atoms with Crippen LogP contribution >= 0.6 is 11.3 Å². The van der Waals surface area contributed by atoms with Crippen LogP contribution in [0.2, 0.25) is 0 Å². The van der Waals surface area contributed by atoms with Gasteiger partial charge in [0.05, 0.1) is 18.0 Å². The van der Waals surface area contributed by atoms with E-state index in [0.717, 1.165) is 57.3 Å². The van der Waals surface area contributed by atoms with Crippen LogP contribution in [0.5, 0.6) is 0 Å². The standard InChI is InChI=1S/C24H28F3N3O4S/c25-24(26,27)22(31)34-30(23(32)33-14-16-10-12-28-13-11-16)20-9-5-4-8-18(20)21-29-19(15-35-21)17-6-2-1-3-7-17/h4-5,8-9,15-17,28H,1-3,6-7,10-14H2. The molecular weight excluding hydrogens is 483 g/mol. The first-order valence-corrected chi connectivity index (χ1v) is 12.7. The smallest absolute Gasteiger partial charge is 0.447 e. The van der Waals surface area contributed by atoms with Crippen molar-refractivity contribution in [2.45, 2.75) is 57.0 Å². The molecule has 1 saturated carbocycles. The molecule has 7 nitrogen and oxygen atoms in total. The first-order valence-electron chi connectivity index (χ1n) is 11.8. The average Bonchev–Trinajstić information content (AvgIpc) is 3.36. The van der Waals surface area contributed by atoms with Crippen LogP contribution in [0.1, 0.15) is 56.6 Å². The van der Waals surface area contributed by atoms with Crippen molar-refractivity contribution in [1.82, 2.24) is 10.3 Å². The SMILES string of the molecule is O=C(OCC1CCNCC1)N(OC(=O)C(F)(F)F)c1ccccc1-c1nc(C2CCCCC2)cs1. The molecule has 0 atom stereocenters. The molecule has 190 valence electrons. The molecule has 1 aromatic heterocycles. The Balaban J connectivity index is 1.59. The molecule has 1 aliphatic heterocycles. The second-order valence-electron chi connectivity index (χ2n) is 8.87. The number of halogens is 3. The molecule has 2 heterocycles. The molecule has 2 fully saturated rings. The highest BCUT2D eigenvalue weighted by molar-refractivity contribution is 7.13. The molecule has 0 radical (unpaired) electrons. The van der Waals surface area contributed by atoms with E-state index in [1.54, 1.807) is 18.2 Å². The van der Waals surface area contributed by atoms with Gasteiger partial charge in [0.1, 0.15) is 5.01 Å². The summed E-state index contributed by atoms with van der Waals surface area (Å²) < 4.78 is 44.4. The number of thiazole rings is 1. The summed E-state index contributed by atoms with van der Waals surface area (Å²) >= 11 is 1.34. The van der Waals surface area contributed by atoms with Gasteiger partial charge in [0.25, 0.3) is 0 Å². The van der Waals surface area contributed by atoms with E-state index in [4.69, 9.17) is 9.72 Å². The van der Waals surface area contributed by atoms with Gasteiger partial charge in [0.15, 0.2) is 0 Å². The van der Waals surface area contributed by atoms with Crippen molar-refractivity contribution in [3.63, 3.8) is 0 Å². The fraction of sp³-hybridized carbons (Fsp3) is 0.542. The highest BCUT2D eigenvalue weighted by Crippen LogP contribution is 2.38. The Labute approximate surface area is 205 Å². The lowest BCUT2D eigenvalue weighted by Gasteiger charge is -2.25. The number of amides is 1. The summed E-state index contributed by atoms with van der Waals surface area (Å²) in [5.41, 5.74) is 1.28. The Morgan fingerprint density at radius 1 is 1.09 bits per heavy atom. The summed E-state index contributed by atoms with van der Waals surface area (Å²) in [7, 11) is 0. The van der Waals surface area contributed by atoms with Crippen LogP contribution in [0, 0.1) is 5.92 Å². The van der Waals surface area contributed by atoms with Crippen molar-refractivity contribution in [3.8, 4) is 10.6 Å². The molecule has 1 saturated heterocycles. The molecule has 0 unspecified atom stereocenters. The maximum Gasteiger partial charge on any atom is 0.493 e. The summed E-state index contributed by atoms with van der Waals surface area (Å²) in [4.78, 5) is 33.9. The van der Waals surface area contributed by atoms with Gasteiger partial charge in [0.2, 0.25) is 0 Å². The average molecular weight is 512 g/mol. The largest absolute Gasteiger partial charge is 0.493 e. The number of hydroxylamine groups is 1. The van der Waals surface area contributed by atoms with Crippen LogP contribution < -0.4 is 10.4 Å². The summed E-state index contributed by atoms with van der Waals surface area (Å²) in [5.74, 6) is -2.09. The minimum atomic E-state index is -5.28. The molecule has 2 aliphatic rings. The van der Waals surface area contributed by atoms with Gasteiger partial charge in [0, 0.05) is 16.9 Å². The van der Waals surface area contributed by atoms with Gasteiger partial charge in [-0.25, -0.2) is 14.6 Å². The van der Waals surface area contributed by atoms with E-state index in [0.29, 0.717) is 21.6 Å². The number of anilines is 1. The van der Waals surface area contributed by atoms with Gasteiger partial charge in [-0.1, -0.05) is 31.4 Å². The van der Waals surface area contributed by atoms with E-state index >= 15 is 0 Å². The number of carbonyl (C=O) groups is 2. The third kappa shape index (κ3) is 6.52. The van der Waals surface area contributed by atoms with Crippen LogP contribution in [0.4, 0.5) is 23.7 Å². The molecule has 35 heavy (non-hydrogen) atoms. The highest BCUT2D eigenvalue weighted by Gasteiger charge is 2.44. The molecule has 4 rings (SSSR count). The number of benzene rings is 1. The number of aromatic nitrogens is 1. The third-order valence-corrected chi connectivity index (χ3v) is 7.27.